The number of amides is 1. The van der Waals surface area contributed by atoms with Crippen molar-refractivity contribution in [3.63, 3.8) is 0 Å². The van der Waals surface area contributed by atoms with Crippen LogP contribution in [0.25, 0.3) is 11.0 Å². The van der Waals surface area contributed by atoms with Crippen LogP contribution in [0, 0.1) is 0 Å². The summed E-state index contributed by atoms with van der Waals surface area (Å²) < 4.78 is 12.3. The molecule has 9 nitrogen and oxygen atoms in total. The lowest BCUT2D eigenvalue weighted by Gasteiger charge is -2.34. The Labute approximate surface area is 234 Å². The first kappa shape index (κ1) is 27.2. The molecule has 1 aliphatic carbocycles. The number of fused-ring (bicyclic) bond motifs is 1. The summed E-state index contributed by atoms with van der Waals surface area (Å²) in [6.45, 7) is 0.751. The highest BCUT2D eigenvalue weighted by atomic mass is 16.5. The Hall–Kier alpha value is -4.37. The van der Waals surface area contributed by atoms with Crippen LogP contribution in [0.3, 0.4) is 0 Å². The molecule has 0 radical (unpaired) electrons. The van der Waals surface area contributed by atoms with Gasteiger partial charge in [0.25, 0.3) is 0 Å². The SMILES string of the molecule is CN(C)CC=CC(=O)N(C)C1CCC(Nc2n[nH]c3nccc(Oc4cccc(Oc5ccccc5)c4)c23)CC1. The first-order valence-corrected chi connectivity index (χ1v) is 13.6. The van der Waals surface area contributed by atoms with Gasteiger partial charge in [-0.1, -0.05) is 30.3 Å². The molecule has 1 saturated carbocycles. The number of benzene rings is 2. The quantitative estimate of drug-likeness (QED) is 0.244. The van der Waals surface area contributed by atoms with E-state index in [0.717, 1.165) is 43.4 Å². The van der Waals surface area contributed by atoms with Crippen LogP contribution in [0.1, 0.15) is 25.7 Å². The van der Waals surface area contributed by atoms with Crippen LogP contribution in [0.2, 0.25) is 0 Å². The van der Waals surface area contributed by atoms with Crippen molar-refractivity contribution in [1.29, 1.82) is 0 Å². The van der Waals surface area contributed by atoms with E-state index < -0.39 is 0 Å². The van der Waals surface area contributed by atoms with Gasteiger partial charge in [-0.05, 0) is 64.0 Å². The van der Waals surface area contributed by atoms with Crippen molar-refractivity contribution < 1.29 is 14.3 Å². The van der Waals surface area contributed by atoms with E-state index in [4.69, 9.17) is 9.47 Å². The van der Waals surface area contributed by atoms with Crippen molar-refractivity contribution in [1.82, 2.24) is 25.0 Å². The molecule has 2 aromatic carbocycles. The monoisotopic (exact) mass is 540 g/mol. The molecule has 0 atom stereocenters. The molecule has 2 N–H and O–H groups in total. The van der Waals surface area contributed by atoms with Crippen molar-refractivity contribution in [2.75, 3.05) is 33.0 Å². The summed E-state index contributed by atoms with van der Waals surface area (Å²) in [5.41, 5.74) is 0.653. The van der Waals surface area contributed by atoms with E-state index in [1.54, 1.807) is 12.3 Å². The molecule has 9 heteroatoms. The van der Waals surface area contributed by atoms with E-state index in [1.165, 1.54) is 0 Å². The number of likely N-dealkylation sites (N-methyl/N-ethyl adjacent to an activating group) is 2. The van der Waals surface area contributed by atoms with Gasteiger partial charge in [-0.25, -0.2) is 4.98 Å². The Morgan fingerprint density at radius 3 is 2.45 bits per heavy atom. The third-order valence-electron chi connectivity index (χ3n) is 7.10. The Kier molecular flexibility index (Phi) is 8.61. The summed E-state index contributed by atoms with van der Waals surface area (Å²) >= 11 is 0. The van der Waals surface area contributed by atoms with Crippen molar-refractivity contribution in [2.45, 2.75) is 37.8 Å². The van der Waals surface area contributed by atoms with Gasteiger partial charge in [-0.15, -0.1) is 0 Å². The van der Waals surface area contributed by atoms with Crippen LogP contribution in [0.4, 0.5) is 5.82 Å². The molecule has 5 rings (SSSR count). The van der Waals surface area contributed by atoms with Crippen LogP contribution in [0.5, 0.6) is 23.0 Å². The van der Waals surface area contributed by atoms with E-state index in [-0.39, 0.29) is 18.0 Å². The maximum atomic E-state index is 12.6. The fourth-order valence-corrected chi connectivity index (χ4v) is 4.93. The van der Waals surface area contributed by atoms with E-state index in [9.17, 15) is 4.79 Å². The van der Waals surface area contributed by atoms with Crippen molar-refractivity contribution in [3.8, 4) is 23.0 Å². The molecule has 208 valence electrons. The molecule has 1 fully saturated rings. The zero-order valence-electron chi connectivity index (χ0n) is 23.2. The van der Waals surface area contributed by atoms with Gasteiger partial charge in [0, 0.05) is 50.1 Å². The number of aromatic amines is 1. The first-order valence-electron chi connectivity index (χ1n) is 13.6. The summed E-state index contributed by atoms with van der Waals surface area (Å²) in [6.07, 6.45) is 9.03. The van der Waals surface area contributed by atoms with Crippen LogP contribution >= 0.6 is 0 Å². The molecule has 0 unspecified atom stereocenters. The second-order valence-electron chi connectivity index (χ2n) is 10.4. The van der Waals surface area contributed by atoms with E-state index in [1.807, 2.05) is 97.7 Å². The molecular weight excluding hydrogens is 504 g/mol. The Bertz CT molecular complexity index is 1440. The number of hydrogen-bond acceptors (Lipinski definition) is 7. The van der Waals surface area contributed by atoms with Gasteiger partial charge in [0.2, 0.25) is 5.91 Å². The Balaban J connectivity index is 1.23. The summed E-state index contributed by atoms with van der Waals surface area (Å²) in [5.74, 6) is 3.53. The zero-order valence-corrected chi connectivity index (χ0v) is 23.2. The lowest BCUT2D eigenvalue weighted by molar-refractivity contribution is -0.127. The number of hydrogen-bond donors (Lipinski definition) is 2. The first-order chi connectivity index (χ1) is 19.5. The number of rotatable bonds is 10. The number of H-pyrrole nitrogens is 1. The van der Waals surface area contributed by atoms with E-state index in [0.29, 0.717) is 28.7 Å². The van der Waals surface area contributed by atoms with Crippen LogP contribution in [0.15, 0.2) is 79.0 Å². The van der Waals surface area contributed by atoms with Crippen LogP contribution in [-0.2, 0) is 4.79 Å². The van der Waals surface area contributed by atoms with E-state index >= 15 is 0 Å². The normalized spacial score (nSPS) is 17.3. The number of carbonyl (C=O) groups is 1. The third kappa shape index (κ3) is 6.79. The highest BCUT2D eigenvalue weighted by Crippen LogP contribution is 2.36. The fourth-order valence-electron chi connectivity index (χ4n) is 4.93. The lowest BCUT2D eigenvalue weighted by Crippen LogP contribution is -2.41. The molecular formula is C31H36N6O3. The lowest BCUT2D eigenvalue weighted by atomic mass is 9.90. The van der Waals surface area contributed by atoms with Gasteiger partial charge in [0.05, 0.1) is 0 Å². The number of aromatic nitrogens is 3. The Morgan fingerprint density at radius 2 is 1.70 bits per heavy atom. The minimum Gasteiger partial charge on any atom is -0.457 e. The van der Waals surface area contributed by atoms with Gasteiger partial charge < -0.3 is 24.6 Å². The molecule has 2 heterocycles. The van der Waals surface area contributed by atoms with E-state index in [2.05, 4.69) is 20.5 Å². The van der Waals surface area contributed by atoms with Gasteiger partial charge in [-0.2, -0.15) is 5.10 Å². The van der Waals surface area contributed by atoms with Gasteiger partial charge in [-0.3, -0.25) is 9.89 Å². The van der Waals surface area contributed by atoms with Gasteiger partial charge >= 0.3 is 0 Å². The van der Waals surface area contributed by atoms with Crippen molar-refractivity contribution in [3.05, 3.63) is 79.0 Å². The number of para-hydroxylation sites is 1. The molecule has 0 saturated heterocycles. The summed E-state index contributed by atoms with van der Waals surface area (Å²) in [4.78, 5) is 20.9. The van der Waals surface area contributed by atoms with Crippen LogP contribution < -0.4 is 14.8 Å². The molecule has 1 amide bonds. The number of carbonyl (C=O) groups excluding carboxylic acids is 1. The Morgan fingerprint density at radius 1 is 0.975 bits per heavy atom. The third-order valence-corrected chi connectivity index (χ3v) is 7.10. The predicted molar refractivity (Wildman–Crippen MR) is 157 cm³/mol. The number of nitrogens with one attached hydrogen (secondary N) is 2. The van der Waals surface area contributed by atoms with Gasteiger partial charge in [0.1, 0.15) is 28.4 Å². The molecule has 2 aromatic heterocycles. The minimum absolute atomic E-state index is 0.0580. The molecule has 40 heavy (non-hydrogen) atoms. The average Bonchev–Trinajstić information content (AvgIpc) is 3.37. The highest BCUT2D eigenvalue weighted by molar-refractivity contribution is 5.93. The molecule has 1 aliphatic rings. The van der Waals surface area contributed by atoms with Crippen molar-refractivity contribution in [2.24, 2.45) is 0 Å². The number of anilines is 1. The molecule has 0 aliphatic heterocycles. The largest absolute Gasteiger partial charge is 0.457 e. The average molecular weight is 541 g/mol. The molecule has 0 spiro atoms. The number of nitrogens with zero attached hydrogens (tertiary/aromatic N) is 4. The maximum absolute atomic E-state index is 12.6. The number of ether oxygens (including phenoxy) is 2. The number of pyridine rings is 1. The molecule has 4 aromatic rings. The summed E-state index contributed by atoms with van der Waals surface area (Å²) in [5, 5.41) is 11.9. The minimum atomic E-state index is 0.0580. The second-order valence-corrected chi connectivity index (χ2v) is 10.4. The zero-order chi connectivity index (χ0) is 27.9. The second kappa shape index (κ2) is 12.7. The summed E-state index contributed by atoms with van der Waals surface area (Å²) in [7, 11) is 5.87. The topological polar surface area (TPSA) is 95.6 Å². The smallest absolute Gasteiger partial charge is 0.246 e. The van der Waals surface area contributed by atoms with Gasteiger partial charge in [0.15, 0.2) is 11.5 Å². The highest BCUT2D eigenvalue weighted by Gasteiger charge is 2.27. The standard InChI is InChI=1S/C31H36N6O3/c1-36(2)20-8-13-28(38)37(3)23-16-14-22(15-17-23)33-31-29-27(18-19-32-30(29)34-35-31)40-26-12-7-11-25(21-26)39-24-9-5-4-6-10-24/h4-13,18-19,21-23H,14-17,20H2,1-3H3,(H2,32,33,34,35). The predicted octanol–water partition coefficient (Wildman–Crippen LogP) is 5.84. The van der Waals surface area contributed by atoms with Crippen molar-refractivity contribution >= 4 is 22.8 Å². The maximum Gasteiger partial charge on any atom is 0.246 e. The summed E-state index contributed by atoms with van der Waals surface area (Å²) in [6, 6.07) is 19.5. The molecule has 0 bridgehead atoms. The fraction of sp³-hybridized carbons (Fsp3) is 0.323. The van der Waals surface area contributed by atoms with Crippen LogP contribution in [-0.4, -0.2) is 70.7 Å².